The Morgan fingerprint density at radius 3 is 1.55 bits per heavy atom. The van der Waals surface area contributed by atoms with Crippen LogP contribution in [0.25, 0.3) is 0 Å². The van der Waals surface area contributed by atoms with E-state index < -0.39 is 59.2 Å². The van der Waals surface area contributed by atoms with Crippen molar-refractivity contribution >= 4 is 12.1 Å². The molecule has 0 saturated heterocycles. The molecule has 13 heteroatoms. The lowest BCUT2D eigenvalue weighted by Gasteiger charge is -2.29. The molecule has 0 aliphatic carbocycles. The minimum atomic E-state index is -4.70. The van der Waals surface area contributed by atoms with E-state index in [1.807, 2.05) is 0 Å². The Balaban J connectivity index is 2.56. The Morgan fingerprint density at radius 1 is 0.775 bits per heavy atom. The molecule has 2 rings (SSSR count). The number of carbonyl (C=O) groups is 2. The number of rotatable bonds is 8. The van der Waals surface area contributed by atoms with Gasteiger partial charge in [0.25, 0.3) is 0 Å². The Labute approximate surface area is 227 Å². The summed E-state index contributed by atoms with van der Waals surface area (Å²) in [6.07, 6.45) is -11.5. The summed E-state index contributed by atoms with van der Waals surface area (Å²) in [6, 6.07) is 4.01. The molecule has 0 aliphatic rings. The second-order valence-electron chi connectivity index (χ2n) is 9.90. The maximum atomic E-state index is 13.4. The molecule has 40 heavy (non-hydrogen) atoms. The number of halogens is 6. The predicted octanol–water partition coefficient (Wildman–Crippen LogP) is 6.72. The SMILES string of the molecule is COc1cc(C(F)(F)F)ccc1C(c1ccc(C(F)(F)F)cc1OC)[C@H](C)OC(=O)[C@H](C)NC(=O)OC(C)(C)C. The van der Waals surface area contributed by atoms with E-state index in [1.165, 1.54) is 13.8 Å². The van der Waals surface area contributed by atoms with Crippen molar-refractivity contribution in [2.75, 3.05) is 14.2 Å². The summed E-state index contributed by atoms with van der Waals surface area (Å²) in [4.78, 5) is 24.9. The topological polar surface area (TPSA) is 83.1 Å². The van der Waals surface area contributed by atoms with Gasteiger partial charge in [0.15, 0.2) is 0 Å². The monoisotopic (exact) mass is 579 g/mol. The number of nitrogens with one attached hydrogen (secondary N) is 1. The molecule has 222 valence electrons. The van der Waals surface area contributed by atoms with Crippen LogP contribution in [0.5, 0.6) is 11.5 Å². The molecule has 0 fully saturated rings. The Morgan fingerprint density at radius 2 is 1.20 bits per heavy atom. The average molecular weight is 580 g/mol. The molecule has 0 aliphatic heterocycles. The third-order valence-electron chi connectivity index (χ3n) is 5.65. The van der Waals surface area contributed by atoms with Crippen molar-refractivity contribution in [3.05, 3.63) is 58.7 Å². The number of carbonyl (C=O) groups excluding carboxylic acids is 2. The zero-order valence-corrected chi connectivity index (χ0v) is 22.9. The first-order valence-corrected chi connectivity index (χ1v) is 12.0. The van der Waals surface area contributed by atoms with E-state index in [0.717, 1.165) is 50.6 Å². The van der Waals surface area contributed by atoms with Crippen LogP contribution in [-0.2, 0) is 26.6 Å². The summed E-state index contributed by atoms with van der Waals surface area (Å²) in [5.74, 6) is -2.57. The smallest absolute Gasteiger partial charge is 0.416 e. The highest BCUT2D eigenvalue weighted by Gasteiger charge is 2.37. The van der Waals surface area contributed by atoms with Gasteiger partial charge in [-0.15, -0.1) is 0 Å². The predicted molar refractivity (Wildman–Crippen MR) is 132 cm³/mol. The number of hydrogen-bond acceptors (Lipinski definition) is 6. The molecule has 2 aromatic rings. The maximum Gasteiger partial charge on any atom is 0.416 e. The molecule has 7 nitrogen and oxygen atoms in total. The van der Waals surface area contributed by atoms with E-state index in [4.69, 9.17) is 18.9 Å². The lowest BCUT2D eigenvalue weighted by atomic mass is 9.84. The fraction of sp³-hybridized carbons (Fsp3) is 0.481. The molecule has 1 N–H and O–H groups in total. The third-order valence-corrected chi connectivity index (χ3v) is 5.65. The number of amides is 1. The van der Waals surface area contributed by atoms with Crippen molar-refractivity contribution in [2.45, 2.75) is 70.6 Å². The third kappa shape index (κ3) is 8.43. The van der Waals surface area contributed by atoms with Gasteiger partial charge in [0.2, 0.25) is 0 Å². The number of esters is 1. The molecule has 1 amide bonds. The number of alkyl carbamates (subject to hydrolysis) is 1. The number of methoxy groups -OCH3 is 2. The van der Waals surface area contributed by atoms with Crippen LogP contribution in [0.15, 0.2) is 36.4 Å². The van der Waals surface area contributed by atoms with Gasteiger partial charge >= 0.3 is 24.4 Å². The van der Waals surface area contributed by atoms with Gasteiger partial charge in [-0.2, -0.15) is 26.3 Å². The molecule has 2 atom stereocenters. The van der Waals surface area contributed by atoms with E-state index in [9.17, 15) is 35.9 Å². The quantitative estimate of drug-likeness (QED) is 0.276. The number of hydrogen-bond donors (Lipinski definition) is 1. The van der Waals surface area contributed by atoms with Crippen LogP contribution in [0.4, 0.5) is 31.1 Å². The van der Waals surface area contributed by atoms with Crippen LogP contribution in [0, 0.1) is 0 Å². The van der Waals surface area contributed by atoms with Gasteiger partial charge in [-0.1, -0.05) is 12.1 Å². The number of benzene rings is 2. The molecule has 0 saturated carbocycles. The number of ether oxygens (including phenoxy) is 4. The normalized spacial score (nSPS) is 13.8. The largest absolute Gasteiger partial charge is 0.496 e. The molecule has 0 aromatic heterocycles. The molecule has 0 unspecified atom stereocenters. The van der Waals surface area contributed by atoms with Crippen LogP contribution in [0.2, 0.25) is 0 Å². The summed E-state index contributed by atoms with van der Waals surface area (Å²) >= 11 is 0. The second-order valence-corrected chi connectivity index (χ2v) is 9.90. The van der Waals surface area contributed by atoms with Crippen LogP contribution >= 0.6 is 0 Å². The van der Waals surface area contributed by atoms with Crippen LogP contribution < -0.4 is 14.8 Å². The van der Waals surface area contributed by atoms with Gasteiger partial charge < -0.3 is 24.3 Å². The standard InChI is InChI=1S/C27H31F6NO6/c1-14(34-24(36)40-25(3,4)5)23(35)39-15(2)22(18-10-8-16(26(28,29)30)12-20(18)37-6)19-11-9-17(27(31,32)33)13-21(19)38-7/h8-15,22H,1-7H3,(H,34,36)/t14-,15-/m0/s1. The Bertz CT molecular complexity index is 1140. The molecule has 2 aromatic carbocycles. The minimum absolute atomic E-state index is 0.0848. The Kier molecular flexibility index (Phi) is 9.98. The van der Waals surface area contributed by atoms with Gasteiger partial charge in [0.1, 0.15) is 29.2 Å². The lowest BCUT2D eigenvalue weighted by molar-refractivity contribution is -0.151. The average Bonchev–Trinajstić information content (AvgIpc) is 2.81. The van der Waals surface area contributed by atoms with Gasteiger partial charge in [0.05, 0.1) is 31.3 Å². The maximum absolute atomic E-state index is 13.4. The van der Waals surface area contributed by atoms with Gasteiger partial charge in [0, 0.05) is 11.1 Å². The van der Waals surface area contributed by atoms with Crippen LogP contribution in [0.1, 0.15) is 62.8 Å². The number of alkyl halides is 6. The summed E-state index contributed by atoms with van der Waals surface area (Å²) in [6.45, 7) is 7.59. The first kappa shape index (κ1) is 32.6. The van der Waals surface area contributed by atoms with Gasteiger partial charge in [-0.25, -0.2) is 9.59 Å². The molecular formula is C27H31F6NO6. The van der Waals surface area contributed by atoms with Gasteiger partial charge in [-0.3, -0.25) is 0 Å². The highest BCUT2D eigenvalue weighted by molar-refractivity contribution is 5.81. The zero-order valence-electron chi connectivity index (χ0n) is 22.9. The first-order valence-electron chi connectivity index (χ1n) is 12.0. The second kappa shape index (κ2) is 12.3. The van der Waals surface area contributed by atoms with E-state index in [1.54, 1.807) is 20.8 Å². The lowest BCUT2D eigenvalue weighted by Crippen LogP contribution is -2.43. The Hall–Kier alpha value is -3.64. The van der Waals surface area contributed by atoms with Crippen molar-refractivity contribution in [1.82, 2.24) is 5.32 Å². The first-order chi connectivity index (χ1) is 18.3. The van der Waals surface area contributed by atoms with Crippen LogP contribution in [0.3, 0.4) is 0 Å². The molecule has 0 spiro atoms. The van der Waals surface area contributed by atoms with E-state index in [-0.39, 0.29) is 22.6 Å². The highest BCUT2D eigenvalue weighted by Crippen LogP contribution is 2.44. The fourth-order valence-electron chi connectivity index (χ4n) is 3.86. The molecule has 0 heterocycles. The van der Waals surface area contributed by atoms with Crippen molar-refractivity contribution in [3.8, 4) is 11.5 Å². The van der Waals surface area contributed by atoms with E-state index in [0.29, 0.717) is 0 Å². The van der Waals surface area contributed by atoms with Crippen molar-refractivity contribution in [2.24, 2.45) is 0 Å². The van der Waals surface area contributed by atoms with Crippen molar-refractivity contribution in [1.29, 1.82) is 0 Å². The summed E-state index contributed by atoms with van der Waals surface area (Å²) in [5, 5.41) is 2.32. The minimum Gasteiger partial charge on any atom is -0.496 e. The molecule has 0 bridgehead atoms. The highest BCUT2D eigenvalue weighted by atomic mass is 19.4. The summed E-state index contributed by atoms with van der Waals surface area (Å²) < 4.78 is 101. The van der Waals surface area contributed by atoms with Crippen molar-refractivity contribution in [3.63, 3.8) is 0 Å². The van der Waals surface area contributed by atoms with Gasteiger partial charge in [-0.05, 0) is 58.9 Å². The van der Waals surface area contributed by atoms with Crippen LogP contribution in [-0.4, -0.2) is 44.0 Å². The summed E-state index contributed by atoms with van der Waals surface area (Å²) in [7, 11) is 2.26. The summed E-state index contributed by atoms with van der Waals surface area (Å²) in [5.41, 5.74) is -2.72. The molecular weight excluding hydrogens is 548 g/mol. The van der Waals surface area contributed by atoms with E-state index >= 15 is 0 Å². The fourth-order valence-corrected chi connectivity index (χ4v) is 3.86. The van der Waals surface area contributed by atoms with Crippen molar-refractivity contribution < 1.29 is 54.9 Å². The molecule has 0 radical (unpaired) electrons. The van der Waals surface area contributed by atoms with E-state index in [2.05, 4.69) is 5.32 Å². The zero-order chi connectivity index (χ0) is 30.6.